The van der Waals surface area contributed by atoms with Gasteiger partial charge in [0.1, 0.15) is 27.3 Å². The highest BCUT2D eigenvalue weighted by Gasteiger charge is 2.21. The molecule has 1 N–H and O–H groups in total. The molecule has 0 bridgehead atoms. The molecule has 3 aromatic heterocycles. The molecule has 0 aliphatic rings. The Labute approximate surface area is 169 Å². The second-order valence-corrected chi connectivity index (χ2v) is 7.02. The zero-order valence-corrected chi connectivity index (χ0v) is 15.8. The maximum absolute atomic E-state index is 12.7. The topological polar surface area (TPSA) is 91.8 Å². The van der Waals surface area contributed by atoms with Gasteiger partial charge < -0.3 is 4.42 Å². The minimum atomic E-state index is -0.497. The van der Waals surface area contributed by atoms with E-state index in [0.717, 1.165) is 22.5 Å². The third kappa shape index (κ3) is 3.51. The molecule has 4 aromatic rings. The average molecular weight is 407 g/mol. The Morgan fingerprint density at radius 3 is 2.68 bits per heavy atom. The van der Waals surface area contributed by atoms with E-state index in [-0.39, 0.29) is 21.5 Å². The lowest BCUT2D eigenvalue weighted by molar-refractivity contribution is 0.102. The van der Waals surface area contributed by atoms with Gasteiger partial charge in [0.05, 0.1) is 0 Å². The number of rotatable bonds is 4. The number of aromatic nitrogens is 2. The number of halogens is 1. The number of anilines is 1. The number of pyridine rings is 1. The fourth-order valence-corrected chi connectivity index (χ4v) is 3.70. The van der Waals surface area contributed by atoms with Gasteiger partial charge in [-0.2, -0.15) is 5.26 Å². The van der Waals surface area contributed by atoms with Gasteiger partial charge in [0.2, 0.25) is 5.88 Å². The van der Waals surface area contributed by atoms with Crippen LogP contribution in [0.2, 0.25) is 5.15 Å². The number of hydrogen-bond acceptors (Lipinski definition) is 6. The molecule has 0 spiro atoms. The number of furan rings is 1. The van der Waals surface area contributed by atoms with Crippen molar-refractivity contribution < 1.29 is 9.21 Å². The van der Waals surface area contributed by atoms with E-state index in [1.165, 1.54) is 0 Å². The second kappa shape index (κ2) is 7.64. The summed E-state index contributed by atoms with van der Waals surface area (Å²) in [6, 6.07) is 16.5. The number of carbonyl (C=O) groups is 1. The molecule has 0 unspecified atom stereocenters. The average Bonchev–Trinajstić information content (AvgIpc) is 3.33. The summed E-state index contributed by atoms with van der Waals surface area (Å²) in [6.45, 7) is 0. The van der Waals surface area contributed by atoms with Crippen LogP contribution in [0.4, 0.5) is 5.88 Å². The highest BCUT2D eigenvalue weighted by molar-refractivity contribution is 7.17. The van der Waals surface area contributed by atoms with Crippen LogP contribution < -0.4 is 5.32 Å². The van der Waals surface area contributed by atoms with Crippen molar-refractivity contribution in [3.63, 3.8) is 0 Å². The number of carbonyl (C=O) groups excluding carboxylic acids is 1. The number of nitriles is 1. The highest BCUT2D eigenvalue weighted by Crippen LogP contribution is 2.33. The molecule has 4 rings (SSSR count). The zero-order valence-electron chi connectivity index (χ0n) is 14.2. The van der Waals surface area contributed by atoms with Crippen LogP contribution in [0, 0.1) is 11.3 Å². The van der Waals surface area contributed by atoms with Crippen molar-refractivity contribution in [1.82, 2.24) is 9.97 Å². The number of thiazole rings is 1. The van der Waals surface area contributed by atoms with Gasteiger partial charge in [-0.1, -0.05) is 41.9 Å². The van der Waals surface area contributed by atoms with Gasteiger partial charge in [0, 0.05) is 29.6 Å². The standard InChI is InChI=1S/C20H11ClN4O2S/c21-17-16(28-20(24-17)13-7-4-8-23-11-13)18(26)25-19-14(10-22)9-15(27-19)12-5-2-1-3-6-12/h1-9,11H,(H,25,26). The van der Waals surface area contributed by atoms with Crippen LogP contribution in [0.15, 0.2) is 65.3 Å². The summed E-state index contributed by atoms with van der Waals surface area (Å²) in [7, 11) is 0. The van der Waals surface area contributed by atoms with Crippen LogP contribution in [0.3, 0.4) is 0 Å². The molecular weight excluding hydrogens is 396 g/mol. The first kappa shape index (κ1) is 17.9. The highest BCUT2D eigenvalue weighted by atomic mass is 35.5. The fraction of sp³-hybridized carbons (Fsp3) is 0. The number of hydrogen-bond donors (Lipinski definition) is 1. The summed E-state index contributed by atoms with van der Waals surface area (Å²) in [4.78, 5) is 21.2. The summed E-state index contributed by atoms with van der Waals surface area (Å²) in [6.07, 6.45) is 3.29. The first-order valence-corrected chi connectivity index (χ1v) is 9.32. The van der Waals surface area contributed by atoms with E-state index in [1.54, 1.807) is 24.5 Å². The molecule has 3 heterocycles. The summed E-state index contributed by atoms with van der Waals surface area (Å²) in [5.41, 5.74) is 1.78. The van der Waals surface area contributed by atoms with Crippen LogP contribution in [0.5, 0.6) is 0 Å². The number of nitrogens with zero attached hydrogens (tertiary/aromatic N) is 3. The third-order valence-electron chi connectivity index (χ3n) is 3.84. The van der Waals surface area contributed by atoms with E-state index in [1.807, 2.05) is 42.5 Å². The molecule has 0 atom stereocenters. The molecule has 6 nitrogen and oxygen atoms in total. The zero-order chi connectivity index (χ0) is 19.5. The Hall–Kier alpha value is -3.47. The van der Waals surface area contributed by atoms with E-state index in [9.17, 15) is 10.1 Å². The molecule has 28 heavy (non-hydrogen) atoms. The van der Waals surface area contributed by atoms with E-state index in [0.29, 0.717) is 10.8 Å². The third-order valence-corrected chi connectivity index (χ3v) is 5.33. The van der Waals surface area contributed by atoms with Gasteiger partial charge in [-0.15, -0.1) is 11.3 Å². The predicted octanol–water partition coefficient (Wildman–Crippen LogP) is 5.24. The summed E-state index contributed by atoms with van der Waals surface area (Å²) in [5, 5.41) is 12.6. The van der Waals surface area contributed by atoms with Crippen LogP contribution in [0.25, 0.3) is 21.9 Å². The van der Waals surface area contributed by atoms with Crippen LogP contribution in [0.1, 0.15) is 15.2 Å². The minimum Gasteiger partial charge on any atom is -0.439 e. The van der Waals surface area contributed by atoms with Crippen molar-refractivity contribution in [2.75, 3.05) is 5.32 Å². The number of amides is 1. The molecule has 0 saturated carbocycles. The molecule has 0 radical (unpaired) electrons. The Kier molecular flexibility index (Phi) is 4.89. The summed E-state index contributed by atoms with van der Waals surface area (Å²) >= 11 is 7.29. The summed E-state index contributed by atoms with van der Waals surface area (Å²) in [5.74, 6) is 0.0562. The van der Waals surface area contributed by atoms with Gasteiger partial charge in [0.25, 0.3) is 5.91 Å². The lowest BCUT2D eigenvalue weighted by atomic mass is 10.1. The van der Waals surface area contributed by atoms with Crippen molar-refractivity contribution in [3.05, 3.63) is 76.5 Å². The summed E-state index contributed by atoms with van der Waals surface area (Å²) < 4.78 is 5.69. The minimum absolute atomic E-state index is 0.0683. The van der Waals surface area contributed by atoms with Crippen molar-refractivity contribution in [2.45, 2.75) is 0 Å². The Bertz CT molecular complexity index is 1180. The van der Waals surface area contributed by atoms with E-state index in [4.69, 9.17) is 16.0 Å². The Morgan fingerprint density at radius 2 is 1.96 bits per heavy atom. The lowest BCUT2D eigenvalue weighted by Crippen LogP contribution is -2.10. The van der Waals surface area contributed by atoms with Crippen LogP contribution in [-0.2, 0) is 0 Å². The van der Waals surface area contributed by atoms with Crippen molar-refractivity contribution in [2.24, 2.45) is 0 Å². The largest absolute Gasteiger partial charge is 0.439 e. The van der Waals surface area contributed by atoms with E-state index < -0.39 is 5.91 Å². The van der Waals surface area contributed by atoms with Crippen molar-refractivity contribution in [3.8, 4) is 28.0 Å². The maximum atomic E-state index is 12.7. The van der Waals surface area contributed by atoms with Crippen LogP contribution in [-0.4, -0.2) is 15.9 Å². The first-order chi connectivity index (χ1) is 13.7. The van der Waals surface area contributed by atoms with Crippen molar-refractivity contribution >= 4 is 34.7 Å². The molecule has 8 heteroatoms. The molecule has 1 aromatic carbocycles. The molecule has 0 saturated heterocycles. The first-order valence-electron chi connectivity index (χ1n) is 8.13. The van der Waals surface area contributed by atoms with Gasteiger partial charge in [-0.25, -0.2) is 4.98 Å². The van der Waals surface area contributed by atoms with Crippen molar-refractivity contribution in [1.29, 1.82) is 5.26 Å². The molecule has 0 fully saturated rings. The van der Waals surface area contributed by atoms with Gasteiger partial charge in [0.15, 0.2) is 5.15 Å². The number of benzene rings is 1. The Balaban J connectivity index is 1.62. The molecule has 136 valence electrons. The van der Waals surface area contributed by atoms with Gasteiger partial charge in [-0.3, -0.25) is 15.1 Å². The fourth-order valence-electron chi connectivity index (χ4n) is 2.53. The number of nitrogens with one attached hydrogen (secondary N) is 1. The molecule has 0 aliphatic carbocycles. The van der Waals surface area contributed by atoms with E-state index in [2.05, 4.69) is 15.3 Å². The molecule has 1 amide bonds. The SMILES string of the molecule is N#Cc1cc(-c2ccccc2)oc1NC(=O)c1sc(-c2cccnc2)nc1Cl. The normalized spacial score (nSPS) is 10.4. The molecular formula is C20H11ClN4O2S. The predicted molar refractivity (Wildman–Crippen MR) is 107 cm³/mol. The maximum Gasteiger partial charge on any atom is 0.271 e. The quantitative estimate of drug-likeness (QED) is 0.500. The smallest absolute Gasteiger partial charge is 0.271 e. The molecule has 0 aliphatic heterocycles. The monoisotopic (exact) mass is 406 g/mol. The van der Waals surface area contributed by atoms with Crippen LogP contribution >= 0.6 is 22.9 Å². The van der Waals surface area contributed by atoms with E-state index >= 15 is 0 Å². The Morgan fingerprint density at radius 1 is 1.18 bits per heavy atom. The van der Waals surface area contributed by atoms with Gasteiger partial charge >= 0.3 is 0 Å². The second-order valence-electron chi connectivity index (χ2n) is 5.67. The lowest BCUT2D eigenvalue weighted by Gasteiger charge is -2.00. The van der Waals surface area contributed by atoms with Gasteiger partial charge in [-0.05, 0) is 12.1 Å².